The van der Waals surface area contributed by atoms with E-state index in [-0.39, 0.29) is 11.9 Å². The van der Waals surface area contributed by atoms with E-state index in [1.165, 1.54) is 16.7 Å². The van der Waals surface area contributed by atoms with Crippen LogP contribution in [0, 0.1) is 0 Å². The van der Waals surface area contributed by atoms with Crippen molar-refractivity contribution < 1.29 is 4.79 Å². The smallest absolute Gasteiger partial charge is 0.217 e. The summed E-state index contributed by atoms with van der Waals surface area (Å²) in [5.74, 6) is 0.430. The maximum absolute atomic E-state index is 11.4. The Balaban J connectivity index is 1.97. The summed E-state index contributed by atoms with van der Waals surface area (Å²) in [7, 11) is 0. The van der Waals surface area contributed by atoms with Crippen LogP contribution in [-0.2, 0) is 11.2 Å². The lowest BCUT2D eigenvalue weighted by Crippen LogP contribution is -2.39. The summed E-state index contributed by atoms with van der Waals surface area (Å²) >= 11 is 0. The van der Waals surface area contributed by atoms with Crippen molar-refractivity contribution in [2.75, 3.05) is 0 Å². The molecule has 0 saturated carbocycles. The third-order valence-electron chi connectivity index (χ3n) is 4.03. The van der Waals surface area contributed by atoms with E-state index in [0.29, 0.717) is 5.92 Å². The van der Waals surface area contributed by atoms with Crippen LogP contribution in [-0.4, -0.2) is 11.9 Å². The van der Waals surface area contributed by atoms with E-state index >= 15 is 0 Å². The number of hydrogen-bond acceptors (Lipinski definition) is 1. The molecule has 0 unspecified atom stereocenters. The fourth-order valence-corrected chi connectivity index (χ4v) is 3.22. The van der Waals surface area contributed by atoms with Gasteiger partial charge in [-0.2, -0.15) is 0 Å². The lowest BCUT2D eigenvalue weighted by Gasteiger charge is -2.32. The van der Waals surface area contributed by atoms with E-state index in [1.54, 1.807) is 6.92 Å². The van der Waals surface area contributed by atoms with Crippen molar-refractivity contribution in [3.63, 3.8) is 0 Å². The SMILES string of the molecule is CC(=O)N[C@H]1Cc2ccccc2[C@@H](c2ccccc2)C1. The van der Waals surface area contributed by atoms with Crippen molar-refractivity contribution in [2.24, 2.45) is 0 Å². The van der Waals surface area contributed by atoms with Crippen molar-refractivity contribution in [3.05, 3.63) is 71.3 Å². The summed E-state index contributed by atoms with van der Waals surface area (Å²) < 4.78 is 0. The van der Waals surface area contributed by atoms with Crippen LogP contribution >= 0.6 is 0 Å². The van der Waals surface area contributed by atoms with Gasteiger partial charge in [-0.05, 0) is 29.5 Å². The Kier molecular flexibility index (Phi) is 3.55. The second-order valence-electron chi connectivity index (χ2n) is 5.50. The Morgan fingerprint density at radius 3 is 2.50 bits per heavy atom. The molecule has 0 aromatic heterocycles. The predicted molar refractivity (Wildman–Crippen MR) is 80.7 cm³/mol. The first-order chi connectivity index (χ1) is 9.74. The molecule has 2 nitrogen and oxygen atoms in total. The average molecular weight is 265 g/mol. The van der Waals surface area contributed by atoms with Crippen molar-refractivity contribution in [3.8, 4) is 0 Å². The molecule has 2 aromatic carbocycles. The molecule has 2 atom stereocenters. The summed E-state index contributed by atoms with van der Waals surface area (Å²) in [5, 5.41) is 3.08. The molecule has 0 radical (unpaired) electrons. The van der Waals surface area contributed by atoms with Gasteiger partial charge in [-0.15, -0.1) is 0 Å². The first-order valence-corrected chi connectivity index (χ1v) is 7.14. The molecule has 2 aromatic rings. The molecule has 102 valence electrons. The highest BCUT2D eigenvalue weighted by Crippen LogP contribution is 2.36. The second-order valence-corrected chi connectivity index (χ2v) is 5.50. The zero-order valence-corrected chi connectivity index (χ0v) is 11.7. The topological polar surface area (TPSA) is 29.1 Å². The van der Waals surface area contributed by atoms with Crippen LogP contribution in [0.25, 0.3) is 0 Å². The normalized spacial score (nSPS) is 21.1. The van der Waals surface area contributed by atoms with Gasteiger partial charge in [0.1, 0.15) is 0 Å². The Morgan fingerprint density at radius 1 is 1.05 bits per heavy atom. The largest absolute Gasteiger partial charge is 0.353 e. The third-order valence-corrected chi connectivity index (χ3v) is 4.03. The summed E-state index contributed by atoms with van der Waals surface area (Å²) in [6, 6.07) is 19.4. The fraction of sp³-hybridized carbons (Fsp3) is 0.278. The van der Waals surface area contributed by atoms with Gasteiger partial charge in [-0.25, -0.2) is 0 Å². The van der Waals surface area contributed by atoms with Gasteiger partial charge in [0.2, 0.25) is 5.91 Å². The highest BCUT2D eigenvalue weighted by molar-refractivity contribution is 5.73. The number of nitrogens with one attached hydrogen (secondary N) is 1. The number of fused-ring (bicyclic) bond motifs is 1. The average Bonchev–Trinajstić information content (AvgIpc) is 2.47. The molecule has 0 heterocycles. The van der Waals surface area contributed by atoms with Gasteiger partial charge < -0.3 is 5.32 Å². The highest BCUT2D eigenvalue weighted by Gasteiger charge is 2.27. The molecule has 0 spiro atoms. The van der Waals surface area contributed by atoms with Crippen LogP contribution in [0.15, 0.2) is 54.6 Å². The quantitative estimate of drug-likeness (QED) is 0.887. The standard InChI is InChI=1S/C18H19NO/c1-13(20)19-16-11-15-9-5-6-10-17(15)18(12-16)14-7-3-2-4-8-14/h2-10,16,18H,11-12H2,1H3,(H,19,20)/t16-,18+/m0/s1. The van der Waals surface area contributed by atoms with E-state index in [4.69, 9.17) is 0 Å². The number of rotatable bonds is 2. The molecule has 1 aliphatic carbocycles. The van der Waals surface area contributed by atoms with Gasteiger partial charge in [0.15, 0.2) is 0 Å². The van der Waals surface area contributed by atoms with Crippen molar-refractivity contribution >= 4 is 5.91 Å². The van der Waals surface area contributed by atoms with Gasteiger partial charge in [0, 0.05) is 18.9 Å². The molecular formula is C18H19NO. The number of carbonyl (C=O) groups excluding carboxylic acids is 1. The van der Waals surface area contributed by atoms with Crippen LogP contribution in [0.1, 0.15) is 36.0 Å². The molecule has 1 amide bonds. The summed E-state index contributed by atoms with van der Waals surface area (Å²) in [4.78, 5) is 11.4. The zero-order chi connectivity index (χ0) is 13.9. The predicted octanol–water partition coefficient (Wildman–Crippen LogP) is 3.27. The minimum Gasteiger partial charge on any atom is -0.353 e. The van der Waals surface area contributed by atoms with Gasteiger partial charge in [-0.1, -0.05) is 54.6 Å². The maximum atomic E-state index is 11.4. The van der Waals surface area contributed by atoms with Crippen LogP contribution in [0.5, 0.6) is 0 Å². The van der Waals surface area contributed by atoms with Crippen LogP contribution in [0.2, 0.25) is 0 Å². The fourth-order valence-electron chi connectivity index (χ4n) is 3.22. The molecule has 0 saturated heterocycles. The Labute approximate surface area is 119 Å². The molecule has 0 aliphatic heterocycles. The molecule has 1 N–H and O–H groups in total. The van der Waals surface area contributed by atoms with E-state index < -0.39 is 0 Å². The molecule has 2 heteroatoms. The first-order valence-electron chi connectivity index (χ1n) is 7.14. The molecule has 20 heavy (non-hydrogen) atoms. The summed E-state index contributed by atoms with van der Waals surface area (Å²) in [5.41, 5.74) is 4.08. The zero-order valence-electron chi connectivity index (χ0n) is 11.7. The van der Waals surface area contributed by atoms with Crippen LogP contribution in [0.4, 0.5) is 0 Å². The number of carbonyl (C=O) groups is 1. The van der Waals surface area contributed by atoms with Crippen molar-refractivity contribution in [1.29, 1.82) is 0 Å². The summed E-state index contributed by atoms with van der Waals surface area (Å²) in [6.45, 7) is 1.60. The summed E-state index contributed by atoms with van der Waals surface area (Å²) in [6.07, 6.45) is 1.90. The van der Waals surface area contributed by atoms with Gasteiger partial charge >= 0.3 is 0 Å². The molecular weight excluding hydrogens is 246 g/mol. The maximum Gasteiger partial charge on any atom is 0.217 e. The highest BCUT2D eigenvalue weighted by atomic mass is 16.1. The number of benzene rings is 2. The molecule has 1 aliphatic rings. The van der Waals surface area contributed by atoms with E-state index in [2.05, 4.69) is 53.8 Å². The Hall–Kier alpha value is -2.09. The first kappa shape index (κ1) is 12.9. The second kappa shape index (κ2) is 5.49. The van der Waals surface area contributed by atoms with Crippen molar-refractivity contribution in [2.45, 2.75) is 31.7 Å². The minimum atomic E-state index is 0.0567. The third kappa shape index (κ3) is 2.60. The lowest BCUT2D eigenvalue weighted by atomic mass is 9.77. The van der Waals surface area contributed by atoms with E-state index in [9.17, 15) is 4.79 Å². The van der Waals surface area contributed by atoms with Crippen LogP contribution < -0.4 is 5.32 Å². The molecule has 0 bridgehead atoms. The van der Waals surface area contributed by atoms with Crippen molar-refractivity contribution in [1.82, 2.24) is 5.32 Å². The van der Waals surface area contributed by atoms with E-state index in [1.807, 2.05) is 6.07 Å². The van der Waals surface area contributed by atoms with Gasteiger partial charge in [0.25, 0.3) is 0 Å². The molecule has 0 fully saturated rings. The number of amides is 1. The van der Waals surface area contributed by atoms with Gasteiger partial charge in [-0.3, -0.25) is 4.79 Å². The Morgan fingerprint density at radius 2 is 1.75 bits per heavy atom. The van der Waals surface area contributed by atoms with Gasteiger partial charge in [0.05, 0.1) is 0 Å². The lowest BCUT2D eigenvalue weighted by molar-refractivity contribution is -0.119. The van der Waals surface area contributed by atoms with Crippen LogP contribution in [0.3, 0.4) is 0 Å². The minimum absolute atomic E-state index is 0.0567. The molecule has 3 rings (SSSR count). The number of hydrogen-bond donors (Lipinski definition) is 1. The monoisotopic (exact) mass is 265 g/mol. The Bertz CT molecular complexity index is 606. The van der Waals surface area contributed by atoms with E-state index in [0.717, 1.165) is 12.8 Å².